The van der Waals surface area contributed by atoms with Crippen LogP contribution in [0.3, 0.4) is 0 Å². The Balaban J connectivity index is 0.000000213. The second-order valence-electron chi connectivity index (χ2n) is 5.21. The molecule has 0 aromatic heterocycles. The summed E-state index contributed by atoms with van der Waals surface area (Å²) in [6, 6.07) is -0.814. The highest BCUT2D eigenvalue weighted by Crippen LogP contribution is 2.38. The van der Waals surface area contributed by atoms with Crippen LogP contribution in [0.5, 0.6) is 0 Å². The Bertz CT molecular complexity index is 352. The molecule has 5 heteroatoms. The quantitative estimate of drug-likeness (QED) is 0.616. The molecule has 2 aliphatic carbocycles. The van der Waals surface area contributed by atoms with Crippen LogP contribution in [0.15, 0.2) is 12.2 Å². The minimum Gasteiger partial charge on any atom is -0.351 e. The maximum Gasteiger partial charge on any atom is 0.318 e. The molecule has 3 N–H and O–H groups in total. The van der Waals surface area contributed by atoms with Crippen molar-refractivity contribution < 1.29 is 9.59 Å². The van der Waals surface area contributed by atoms with E-state index in [1.54, 1.807) is 0 Å². The summed E-state index contributed by atoms with van der Waals surface area (Å²) in [4.78, 5) is 21.6. The number of alkyl halides is 1. The van der Waals surface area contributed by atoms with E-state index in [4.69, 9.17) is 5.73 Å². The number of nitrogens with two attached hydrogens (primary N) is 1. The highest BCUT2D eigenvalue weighted by molar-refractivity contribution is 9.10. The van der Waals surface area contributed by atoms with Gasteiger partial charge in [-0.1, -0.05) is 41.9 Å². The number of amides is 3. The maximum absolute atomic E-state index is 11.3. The highest BCUT2D eigenvalue weighted by atomic mass is 79.9. The molecular formula is C14H23BrN2O2. The summed E-state index contributed by atoms with van der Waals surface area (Å²) in [5, 5.41) is 2.04. The van der Waals surface area contributed by atoms with Gasteiger partial charge in [0.2, 0.25) is 5.91 Å². The fraction of sp³-hybridized carbons (Fsp3) is 0.714. The molecule has 19 heavy (non-hydrogen) atoms. The molecule has 0 aromatic carbocycles. The Morgan fingerprint density at radius 1 is 1.26 bits per heavy atom. The van der Waals surface area contributed by atoms with Crippen LogP contribution >= 0.6 is 15.9 Å². The van der Waals surface area contributed by atoms with Crippen molar-refractivity contribution in [2.75, 3.05) is 0 Å². The van der Waals surface area contributed by atoms with E-state index in [1.807, 2.05) is 19.2 Å². The second kappa shape index (κ2) is 7.08. The fourth-order valence-electron chi connectivity index (χ4n) is 2.51. The minimum atomic E-state index is -0.814. The molecule has 0 spiro atoms. The molecule has 2 aliphatic rings. The Kier molecular flexibility index (Phi) is 6.04. The number of urea groups is 1. The van der Waals surface area contributed by atoms with Gasteiger partial charge in [-0.05, 0) is 43.9 Å². The average molecular weight is 331 g/mol. The van der Waals surface area contributed by atoms with Crippen LogP contribution in [0.4, 0.5) is 4.79 Å². The molecule has 1 fully saturated rings. The number of carbonyl (C=O) groups is 2. The molecule has 0 heterocycles. The predicted octanol–water partition coefficient (Wildman–Crippen LogP) is 3.11. The van der Waals surface area contributed by atoms with Gasteiger partial charge in [0.25, 0.3) is 0 Å². The van der Waals surface area contributed by atoms with Gasteiger partial charge in [0.05, 0.1) is 0 Å². The number of imide groups is 1. The molecule has 0 aliphatic heterocycles. The fourth-order valence-corrected chi connectivity index (χ4v) is 2.61. The van der Waals surface area contributed by atoms with E-state index in [0.717, 1.165) is 11.8 Å². The Hall–Kier alpha value is -0.840. The SMILES string of the molecule is C1=CC2CCC1C2.CCC(Br)(CC)C(=O)NC(N)=O. The third-order valence-electron chi connectivity index (χ3n) is 3.93. The summed E-state index contributed by atoms with van der Waals surface area (Å²) < 4.78 is -0.665. The van der Waals surface area contributed by atoms with Crippen molar-refractivity contribution in [2.24, 2.45) is 17.6 Å². The first-order valence-electron chi connectivity index (χ1n) is 6.89. The molecule has 2 atom stereocenters. The summed E-state index contributed by atoms with van der Waals surface area (Å²) in [7, 11) is 0. The number of allylic oxidation sites excluding steroid dienone is 2. The first-order chi connectivity index (χ1) is 8.91. The van der Waals surface area contributed by atoms with Gasteiger partial charge in [-0.2, -0.15) is 0 Å². The zero-order chi connectivity index (χ0) is 14.5. The monoisotopic (exact) mass is 330 g/mol. The van der Waals surface area contributed by atoms with E-state index >= 15 is 0 Å². The number of rotatable bonds is 3. The van der Waals surface area contributed by atoms with Crippen LogP contribution in [0.1, 0.15) is 46.0 Å². The van der Waals surface area contributed by atoms with Crippen molar-refractivity contribution >= 4 is 27.9 Å². The van der Waals surface area contributed by atoms with Crippen LogP contribution in [0.25, 0.3) is 0 Å². The number of fused-ring (bicyclic) bond motifs is 2. The molecule has 4 nitrogen and oxygen atoms in total. The smallest absolute Gasteiger partial charge is 0.318 e. The topological polar surface area (TPSA) is 72.2 Å². The molecule has 0 saturated heterocycles. The van der Waals surface area contributed by atoms with Gasteiger partial charge in [0.15, 0.2) is 0 Å². The summed E-state index contributed by atoms with van der Waals surface area (Å²) in [6.45, 7) is 3.72. The van der Waals surface area contributed by atoms with Crippen molar-refractivity contribution in [1.82, 2.24) is 5.32 Å². The van der Waals surface area contributed by atoms with Gasteiger partial charge in [-0.25, -0.2) is 4.79 Å². The molecular weight excluding hydrogens is 308 g/mol. The molecule has 0 aromatic rings. The number of hydrogen-bond acceptors (Lipinski definition) is 2. The van der Waals surface area contributed by atoms with E-state index in [2.05, 4.69) is 28.1 Å². The molecule has 2 rings (SSSR count). The third-order valence-corrected chi connectivity index (χ3v) is 5.42. The van der Waals surface area contributed by atoms with Crippen LogP contribution < -0.4 is 11.1 Å². The summed E-state index contributed by atoms with van der Waals surface area (Å²) >= 11 is 3.26. The Morgan fingerprint density at radius 2 is 1.74 bits per heavy atom. The standard InChI is InChI=1S/C7H13BrN2O2.C7H10/c1-3-7(8,4-2)5(11)10-6(9)12;1-2-7-4-3-6(1)5-7/h3-4H2,1-2H3,(H3,9,10,11,12);1-2,6-7H,3-5H2. The number of primary amides is 1. The van der Waals surface area contributed by atoms with Crippen LogP contribution in [-0.2, 0) is 4.79 Å². The van der Waals surface area contributed by atoms with Crippen molar-refractivity contribution in [2.45, 2.75) is 50.3 Å². The van der Waals surface area contributed by atoms with Gasteiger partial charge in [-0.15, -0.1) is 0 Å². The number of halogens is 1. The van der Waals surface area contributed by atoms with E-state index in [9.17, 15) is 9.59 Å². The molecule has 1 saturated carbocycles. The molecule has 108 valence electrons. The summed E-state index contributed by atoms with van der Waals surface area (Å²) in [5.74, 6) is 1.61. The molecule has 2 unspecified atom stereocenters. The zero-order valence-electron chi connectivity index (χ0n) is 11.6. The number of carbonyl (C=O) groups excluding carboxylic acids is 2. The Morgan fingerprint density at radius 3 is 1.95 bits per heavy atom. The van der Waals surface area contributed by atoms with E-state index in [-0.39, 0.29) is 5.91 Å². The van der Waals surface area contributed by atoms with Crippen molar-refractivity contribution in [1.29, 1.82) is 0 Å². The number of hydrogen-bond donors (Lipinski definition) is 2. The van der Waals surface area contributed by atoms with Gasteiger partial charge in [0.1, 0.15) is 4.32 Å². The first-order valence-corrected chi connectivity index (χ1v) is 7.68. The maximum atomic E-state index is 11.3. The number of nitrogens with one attached hydrogen (secondary N) is 1. The molecule has 0 radical (unpaired) electrons. The van der Waals surface area contributed by atoms with Crippen LogP contribution in [-0.4, -0.2) is 16.3 Å². The largest absolute Gasteiger partial charge is 0.351 e. The minimum absolute atomic E-state index is 0.375. The van der Waals surface area contributed by atoms with Gasteiger partial charge >= 0.3 is 6.03 Å². The summed E-state index contributed by atoms with van der Waals surface area (Å²) in [6.07, 6.45) is 10.4. The van der Waals surface area contributed by atoms with Gasteiger partial charge in [-0.3, -0.25) is 10.1 Å². The lowest BCUT2D eigenvalue weighted by atomic mass is 10.0. The second-order valence-corrected chi connectivity index (χ2v) is 6.73. The van der Waals surface area contributed by atoms with E-state index in [0.29, 0.717) is 12.8 Å². The van der Waals surface area contributed by atoms with E-state index in [1.165, 1.54) is 19.3 Å². The van der Waals surface area contributed by atoms with Gasteiger partial charge in [0, 0.05) is 0 Å². The third kappa shape index (κ3) is 4.64. The van der Waals surface area contributed by atoms with Crippen molar-refractivity contribution in [3.8, 4) is 0 Å². The zero-order valence-corrected chi connectivity index (χ0v) is 13.2. The lowest BCUT2D eigenvalue weighted by Crippen LogP contribution is -2.46. The van der Waals surface area contributed by atoms with Crippen LogP contribution in [0.2, 0.25) is 0 Å². The normalized spacial score (nSPS) is 23.7. The first kappa shape index (κ1) is 16.2. The predicted molar refractivity (Wildman–Crippen MR) is 79.9 cm³/mol. The summed E-state index contributed by atoms with van der Waals surface area (Å²) in [5.41, 5.74) is 4.81. The Labute approximate surface area is 123 Å². The lowest BCUT2D eigenvalue weighted by molar-refractivity contribution is -0.122. The lowest BCUT2D eigenvalue weighted by Gasteiger charge is -2.21. The van der Waals surface area contributed by atoms with Gasteiger partial charge < -0.3 is 5.73 Å². The van der Waals surface area contributed by atoms with Crippen LogP contribution in [0, 0.1) is 11.8 Å². The molecule has 2 bridgehead atoms. The van der Waals surface area contributed by atoms with Crippen molar-refractivity contribution in [3.05, 3.63) is 12.2 Å². The molecule has 3 amide bonds. The average Bonchev–Trinajstić information content (AvgIpc) is 3.02. The highest BCUT2D eigenvalue weighted by Gasteiger charge is 2.32. The van der Waals surface area contributed by atoms with Crippen molar-refractivity contribution in [3.63, 3.8) is 0 Å². The van der Waals surface area contributed by atoms with E-state index < -0.39 is 10.4 Å².